The second kappa shape index (κ2) is 7.23. The molecule has 3 nitrogen and oxygen atoms in total. The summed E-state index contributed by atoms with van der Waals surface area (Å²) in [6.07, 6.45) is 5.53. The molecule has 1 saturated heterocycles. The molecular formula is C16H26N2OS. The lowest BCUT2D eigenvalue weighted by molar-refractivity contribution is 0.0742. The molecule has 4 heteroatoms. The third-order valence-corrected chi connectivity index (χ3v) is 5.27. The van der Waals surface area contributed by atoms with Crippen LogP contribution in [-0.4, -0.2) is 37.0 Å². The van der Waals surface area contributed by atoms with Crippen LogP contribution in [0.3, 0.4) is 0 Å². The first-order valence-corrected chi connectivity index (χ1v) is 8.60. The molecule has 1 amide bonds. The van der Waals surface area contributed by atoms with E-state index >= 15 is 0 Å². The van der Waals surface area contributed by atoms with Crippen molar-refractivity contribution in [2.45, 2.75) is 52.0 Å². The molecule has 1 atom stereocenters. The number of carbonyl (C=O) groups is 1. The molecular weight excluding hydrogens is 268 g/mol. The summed E-state index contributed by atoms with van der Waals surface area (Å²) in [4.78, 5) is 17.1. The minimum absolute atomic E-state index is 0.241. The second-order valence-electron chi connectivity index (χ2n) is 5.51. The summed E-state index contributed by atoms with van der Waals surface area (Å²) in [6, 6.07) is 2.50. The van der Waals surface area contributed by atoms with Crippen molar-refractivity contribution in [3.8, 4) is 0 Å². The van der Waals surface area contributed by atoms with Crippen LogP contribution in [-0.2, 0) is 12.8 Å². The Morgan fingerprint density at radius 1 is 1.50 bits per heavy atom. The number of carbonyl (C=O) groups excluding carboxylic acids is 1. The lowest BCUT2D eigenvalue weighted by Gasteiger charge is -2.23. The highest BCUT2D eigenvalue weighted by molar-refractivity contribution is 7.14. The van der Waals surface area contributed by atoms with E-state index in [0.29, 0.717) is 6.04 Å². The Morgan fingerprint density at radius 3 is 2.95 bits per heavy atom. The van der Waals surface area contributed by atoms with Gasteiger partial charge in [-0.3, -0.25) is 4.79 Å². The molecule has 0 spiro atoms. The Morgan fingerprint density at radius 2 is 2.30 bits per heavy atom. The van der Waals surface area contributed by atoms with E-state index in [1.165, 1.54) is 10.4 Å². The topological polar surface area (TPSA) is 32.3 Å². The first-order valence-electron chi connectivity index (χ1n) is 7.78. The van der Waals surface area contributed by atoms with Crippen LogP contribution in [0.5, 0.6) is 0 Å². The molecule has 20 heavy (non-hydrogen) atoms. The van der Waals surface area contributed by atoms with E-state index in [-0.39, 0.29) is 5.91 Å². The maximum atomic E-state index is 12.7. The lowest BCUT2D eigenvalue weighted by atomic mass is 10.1. The first kappa shape index (κ1) is 15.5. The number of amides is 1. The van der Waals surface area contributed by atoms with Crippen molar-refractivity contribution in [1.82, 2.24) is 10.2 Å². The van der Waals surface area contributed by atoms with Crippen LogP contribution in [0.2, 0.25) is 0 Å². The number of likely N-dealkylation sites (tertiary alicyclic amines) is 1. The Hall–Kier alpha value is -0.870. The summed E-state index contributed by atoms with van der Waals surface area (Å²) >= 11 is 1.71. The quantitative estimate of drug-likeness (QED) is 0.874. The average Bonchev–Trinajstić information content (AvgIpc) is 3.05. The second-order valence-corrected chi connectivity index (χ2v) is 6.65. The zero-order valence-electron chi connectivity index (χ0n) is 12.9. The van der Waals surface area contributed by atoms with E-state index in [2.05, 4.69) is 30.1 Å². The van der Waals surface area contributed by atoms with Gasteiger partial charge < -0.3 is 10.2 Å². The molecule has 1 unspecified atom stereocenters. The molecule has 2 rings (SSSR count). The van der Waals surface area contributed by atoms with Crippen molar-refractivity contribution < 1.29 is 4.79 Å². The minimum atomic E-state index is 0.241. The van der Waals surface area contributed by atoms with Gasteiger partial charge in [0.15, 0.2) is 0 Å². The van der Waals surface area contributed by atoms with Gasteiger partial charge in [-0.05, 0) is 44.4 Å². The highest BCUT2D eigenvalue weighted by Gasteiger charge is 2.30. The Kier molecular flexibility index (Phi) is 5.61. The van der Waals surface area contributed by atoms with Crippen molar-refractivity contribution >= 4 is 17.2 Å². The summed E-state index contributed by atoms with van der Waals surface area (Å²) in [5.41, 5.74) is 1.37. The number of likely N-dealkylation sites (N-methyl/N-ethyl adjacent to an activating group) is 1. The fourth-order valence-electron chi connectivity index (χ4n) is 3.00. The third kappa shape index (κ3) is 3.23. The Bertz CT molecular complexity index is 455. The van der Waals surface area contributed by atoms with Gasteiger partial charge >= 0.3 is 0 Å². The summed E-state index contributed by atoms with van der Waals surface area (Å²) in [7, 11) is 1.96. The molecule has 0 aliphatic carbocycles. The maximum absolute atomic E-state index is 12.7. The highest BCUT2D eigenvalue weighted by atomic mass is 32.1. The Balaban J connectivity index is 2.16. The summed E-state index contributed by atoms with van der Waals surface area (Å²) in [5, 5.41) is 3.20. The number of rotatable bonds is 6. The van der Waals surface area contributed by atoms with Gasteiger partial charge in [-0.2, -0.15) is 0 Å². The fourth-order valence-corrected chi connectivity index (χ4v) is 4.31. The van der Waals surface area contributed by atoms with Crippen molar-refractivity contribution in [2.24, 2.45) is 0 Å². The summed E-state index contributed by atoms with van der Waals surface area (Å²) in [6.45, 7) is 6.19. The molecule has 1 aromatic heterocycles. The normalized spacial score (nSPS) is 18.8. The number of aryl methyl sites for hydroxylation is 2. The molecule has 1 aliphatic heterocycles. The molecule has 1 fully saturated rings. The lowest BCUT2D eigenvalue weighted by Crippen LogP contribution is -2.40. The van der Waals surface area contributed by atoms with Crippen LogP contribution in [0.15, 0.2) is 6.07 Å². The highest BCUT2D eigenvalue weighted by Crippen LogP contribution is 2.28. The van der Waals surface area contributed by atoms with Gasteiger partial charge in [0.1, 0.15) is 0 Å². The summed E-state index contributed by atoms with van der Waals surface area (Å²) in [5.74, 6) is 0.241. The van der Waals surface area contributed by atoms with Gasteiger partial charge in [-0.1, -0.05) is 20.3 Å². The molecule has 0 aromatic carbocycles. The van der Waals surface area contributed by atoms with Crippen LogP contribution >= 0.6 is 11.3 Å². The smallest absolute Gasteiger partial charge is 0.264 e. The molecule has 112 valence electrons. The van der Waals surface area contributed by atoms with Gasteiger partial charge in [0.05, 0.1) is 4.88 Å². The number of hydrogen-bond acceptors (Lipinski definition) is 3. The van der Waals surface area contributed by atoms with Gasteiger partial charge in [0, 0.05) is 24.0 Å². The van der Waals surface area contributed by atoms with Crippen LogP contribution in [0.25, 0.3) is 0 Å². The number of nitrogens with zero attached hydrogens (tertiary/aromatic N) is 1. The molecule has 0 bridgehead atoms. The predicted molar refractivity (Wildman–Crippen MR) is 85.7 cm³/mol. The van der Waals surface area contributed by atoms with E-state index in [0.717, 1.165) is 50.1 Å². The molecule has 1 N–H and O–H groups in total. The average molecular weight is 294 g/mol. The van der Waals surface area contributed by atoms with Crippen LogP contribution in [0.1, 0.15) is 53.2 Å². The first-order chi connectivity index (χ1) is 9.71. The van der Waals surface area contributed by atoms with Gasteiger partial charge in [-0.25, -0.2) is 0 Å². The van der Waals surface area contributed by atoms with Crippen molar-refractivity contribution in [3.63, 3.8) is 0 Å². The van der Waals surface area contributed by atoms with Gasteiger partial charge in [-0.15, -0.1) is 11.3 Å². The van der Waals surface area contributed by atoms with E-state index in [1.807, 2.05) is 7.05 Å². The minimum Gasteiger partial charge on any atom is -0.334 e. The molecule has 1 aromatic rings. The Labute approximate surface area is 126 Å². The number of thiophene rings is 1. The fraction of sp³-hybridized carbons (Fsp3) is 0.688. The maximum Gasteiger partial charge on any atom is 0.264 e. The van der Waals surface area contributed by atoms with E-state index in [9.17, 15) is 4.79 Å². The van der Waals surface area contributed by atoms with E-state index in [1.54, 1.807) is 11.3 Å². The van der Waals surface area contributed by atoms with Gasteiger partial charge in [0.25, 0.3) is 5.91 Å². The predicted octanol–water partition coefficient (Wildman–Crippen LogP) is 3.09. The molecule has 2 heterocycles. The van der Waals surface area contributed by atoms with Crippen LogP contribution in [0.4, 0.5) is 0 Å². The van der Waals surface area contributed by atoms with Crippen LogP contribution in [0, 0.1) is 0 Å². The van der Waals surface area contributed by atoms with Crippen molar-refractivity contribution in [1.29, 1.82) is 0 Å². The number of nitrogens with one attached hydrogen (secondary N) is 1. The molecule has 0 radical (unpaired) electrons. The van der Waals surface area contributed by atoms with Crippen molar-refractivity contribution in [3.05, 3.63) is 21.4 Å². The standard InChI is InChI=1S/C16H26N2OS/c1-4-7-14-12(5-2)10-15(20-14)16(19)18-9-6-8-13(18)11-17-3/h10,13,17H,4-9,11H2,1-3H3. The largest absolute Gasteiger partial charge is 0.334 e. The molecule has 1 aliphatic rings. The zero-order chi connectivity index (χ0) is 14.5. The van der Waals surface area contributed by atoms with Crippen LogP contribution < -0.4 is 5.32 Å². The van der Waals surface area contributed by atoms with Crippen molar-refractivity contribution in [2.75, 3.05) is 20.1 Å². The third-order valence-electron chi connectivity index (χ3n) is 4.04. The van der Waals surface area contributed by atoms with Gasteiger partial charge in [0.2, 0.25) is 0 Å². The van der Waals surface area contributed by atoms with E-state index in [4.69, 9.17) is 0 Å². The number of hydrogen-bond donors (Lipinski definition) is 1. The molecule has 0 saturated carbocycles. The SMILES string of the molecule is CCCc1sc(C(=O)N2CCCC2CNC)cc1CC. The summed E-state index contributed by atoms with van der Waals surface area (Å²) < 4.78 is 0. The monoisotopic (exact) mass is 294 g/mol. The van der Waals surface area contributed by atoms with E-state index < -0.39 is 0 Å². The zero-order valence-corrected chi connectivity index (χ0v) is 13.7.